The summed E-state index contributed by atoms with van der Waals surface area (Å²) in [5, 5.41) is 16.8. The first-order valence-electron chi connectivity index (χ1n) is 13.5. The first-order valence-corrected chi connectivity index (χ1v) is 19.5. The van der Waals surface area contributed by atoms with Crippen LogP contribution >= 0.6 is 11.6 Å². The van der Waals surface area contributed by atoms with Crippen molar-refractivity contribution in [1.29, 1.82) is 0 Å². The van der Waals surface area contributed by atoms with Gasteiger partial charge in [0.05, 0.1) is 36.7 Å². The molecule has 1 aliphatic heterocycles. The Hall–Kier alpha value is -1.06. The number of amides is 1. The molecule has 0 saturated carbocycles. The third-order valence-corrected chi connectivity index (χ3v) is 10.2. The molecule has 0 aliphatic carbocycles. The van der Waals surface area contributed by atoms with E-state index in [4.69, 9.17) is 11.6 Å². The fraction of sp³-hybridized carbons (Fsp3) is 0.0800. The van der Waals surface area contributed by atoms with Gasteiger partial charge in [0, 0.05) is 5.69 Å². The van der Waals surface area contributed by atoms with Crippen LogP contribution in [0, 0.1) is 0 Å². The van der Waals surface area contributed by atoms with E-state index in [9.17, 15) is 56.7 Å². The van der Waals surface area contributed by atoms with Crippen molar-refractivity contribution in [2.75, 3.05) is 15.6 Å². The Morgan fingerprint density at radius 3 is 1.73 bits per heavy atom. The van der Waals surface area contributed by atoms with Gasteiger partial charge in [-0.25, -0.2) is 33.7 Å². The van der Waals surface area contributed by atoms with Crippen molar-refractivity contribution in [2.45, 2.75) is 32.5 Å². The van der Waals surface area contributed by atoms with Crippen molar-refractivity contribution in [3.63, 3.8) is 0 Å². The van der Waals surface area contributed by atoms with Crippen LogP contribution in [0.2, 0.25) is 5.28 Å². The molecule has 0 fully saturated rings. The number of aromatic nitrogens is 3. The molecule has 31 heteroatoms. The molecule has 3 aromatic carbocycles. The van der Waals surface area contributed by atoms with E-state index in [-0.39, 0.29) is 135 Å². The summed E-state index contributed by atoms with van der Waals surface area (Å²) in [6.07, 6.45) is 0. The summed E-state index contributed by atoms with van der Waals surface area (Å²) < 4.78 is 139. The largest absolute Gasteiger partial charge is 1.00 e. The van der Waals surface area contributed by atoms with Crippen LogP contribution in [0.4, 0.5) is 34.6 Å². The standard InChI is InChI=1S/C25H20ClN9O13S4.4Na/c1-12-21(22(36)35(34-12)14-3-5-15(6-4-14)49(37,38)39)33-32-18-10-13(2-8-20(18)52(46,47)48)27-24-29-23(26)30-25(31-24)28-17-11-16(50(40,41)42)7-9-19(17)51(43,44)45;;;;/h2-11,21H,1H3,(H,37,38,39)(H,40,41,42)(H,43,44,45)(H,46,47,48)(H2,27,28,29,30,31);;;;/q;4*+1/p-4. The Kier molecular flexibility index (Phi) is 19.4. The maximum atomic E-state index is 13.1. The molecule has 1 aliphatic rings. The number of hydrazone groups is 1. The number of anilines is 5. The molecule has 1 atom stereocenters. The average molecular weight is 906 g/mol. The number of nitrogens with zero attached hydrogens (tertiary/aromatic N) is 7. The van der Waals surface area contributed by atoms with E-state index in [0.29, 0.717) is 18.2 Å². The summed E-state index contributed by atoms with van der Waals surface area (Å²) in [7, 11) is -20.3. The van der Waals surface area contributed by atoms with Crippen molar-refractivity contribution in [1.82, 2.24) is 15.0 Å². The van der Waals surface area contributed by atoms with Crippen molar-refractivity contribution in [3.8, 4) is 0 Å². The molecular weight excluding hydrogens is 890 g/mol. The number of azo groups is 1. The van der Waals surface area contributed by atoms with Gasteiger partial charge in [-0.2, -0.15) is 35.3 Å². The van der Waals surface area contributed by atoms with Gasteiger partial charge < -0.3 is 28.8 Å². The molecule has 2 heterocycles. The molecule has 1 amide bonds. The van der Waals surface area contributed by atoms with Gasteiger partial charge in [-0.05, 0) is 79.2 Å². The van der Waals surface area contributed by atoms with Gasteiger partial charge in [-0.1, -0.05) is 0 Å². The van der Waals surface area contributed by atoms with Crippen molar-refractivity contribution >= 4 is 98.3 Å². The zero-order chi connectivity index (χ0) is 38.4. The Morgan fingerprint density at radius 2 is 1.20 bits per heavy atom. The molecule has 22 nitrogen and oxygen atoms in total. The predicted molar refractivity (Wildman–Crippen MR) is 171 cm³/mol. The minimum absolute atomic E-state index is 0. The van der Waals surface area contributed by atoms with E-state index >= 15 is 0 Å². The van der Waals surface area contributed by atoms with E-state index in [2.05, 4.69) is 40.9 Å². The molecule has 56 heavy (non-hydrogen) atoms. The van der Waals surface area contributed by atoms with Crippen molar-refractivity contribution in [2.24, 2.45) is 15.3 Å². The monoisotopic (exact) mass is 905 g/mol. The van der Waals surface area contributed by atoms with E-state index < -0.39 is 101 Å². The van der Waals surface area contributed by atoms with Crippen LogP contribution in [0.3, 0.4) is 0 Å². The summed E-state index contributed by atoms with van der Waals surface area (Å²) in [6.45, 7) is 1.38. The molecule has 0 saturated heterocycles. The summed E-state index contributed by atoms with van der Waals surface area (Å²) in [5.41, 5.74) is -1.25. The maximum Gasteiger partial charge on any atom is 1.00 e. The summed E-state index contributed by atoms with van der Waals surface area (Å²) >= 11 is 5.96. The molecule has 2 N–H and O–H groups in total. The number of hydrogen-bond acceptors (Lipinski definition) is 21. The number of hydrogen-bond donors (Lipinski definition) is 2. The summed E-state index contributed by atoms with van der Waals surface area (Å²) in [4.78, 5) is 21.2. The number of carbonyl (C=O) groups excluding carboxylic acids is 1. The van der Waals surface area contributed by atoms with E-state index in [1.165, 1.54) is 6.92 Å². The van der Waals surface area contributed by atoms with E-state index in [1.54, 1.807) is 0 Å². The van der Waals surface area contributed by atoms with Crippen LogP contribution in [0.15, 0.2) is 95.6 Å². The first-order chi connectivity index (χ1) is 24.0. The third-order valence-electron chi connectivity index (χ3n) is 6.60. The van der Waals surface area contributed by atoms with Crippen LogP contribution in [-0.4, -0.2) is 84.5 Å². The minimum Gasteiger partial charge on any atom is -0.744 e. The summed E-state index contributed by atoms with van der Waals surface area (Å²) in [6, 6.07) is 7.38. The van der Waals surface area contributed by atoms with Gasteiger partial charge in [0.1, 0.15) is 46.2 Å². The fourth-order valence-electron chi connectivity index (χ4n) is 4.32. The SMILES string of the molecule is CC1=NN(c2ccc(S(=O)(=O)[O-])cc2)C(=O)C1N=Nc1cc(Nc2nc(Cl)nc(Nc3cc(S(=O)(=O)[O-])ccc3S(=O)(=O)[O-])n2)ccc1S(=O)(=O)[O-].[Na+].[Na+].[Na+].[Na+]. The molecule has 0 spiro atoms. The second kappa shape index (κ2) is 20.5. The Balaban J connectivity index is 0.00000392. The second-order valence-electron chi connectivity index (χ2n) is 10.2. The van der Waals surface area contributed by atoms with Gasteiger partial charge in [0.25, 0.3) is 5.91 Å². The molecule has 274 valence electrons. The van der Waals surface area contributed by atoms with Crippen LogP contribution in [0.5, 0.6) is 0 Å². The topological polar surface area (TPSA) is 349 Å². The smallest absolute Gasteiger partial charge is 0.744 e. The molecule has 1 aromatic heterocycles. The molecule has 0 bridgehead atoms. The zero-order valence-corrected chi connectivity index (χ0v) is 41.3. The Labute approximate surface area is 412 Å². The molecule has 4 aromatic rings. The van der Waals surface area contributed by atoms with Gasteiger partial charge in [-0.15, -0.1) is 0 Å². The Bertz CT molecular complexity index is 2660. The van der Waals surface area contributed by atoms with Gasteiger partial charge in [0.15, 0.2) is 6.04 Å². The van der Waals surface area contributed by atoms with Crippen molar-refractivity contribution < 1.29 is 175 Å². The Morgan fingerprint density at radius 1 is 0.679 bits per heavy atom. The molecular formula is C25H16ClN9Na4O13S4. The molecule has 1 unspecified atom stereocenters. The number of carbonyl (C=O) groups is 1. The van der Waals surface area contributed by atoms with E-state index in [1.807, 2.05) is 0 Å². The zero-order valence-electron chi connectivity index (χ0n) is 29.3. The number of benzene rings is 3. The number of halogens is 1. The third kappa shape index (κ3) is 13.2. The summed E-state index contributed by atoms with van der Waals surface area (Å²) in [5.74, 6) is -1.82. The average Bonchev–Trinajstić information content (AvgIpc) is 3.30. The molecule has 0 radical (unpaired) electrons. The number of nitrogens with one attached hydrogen (secondary N) is 2. The molecule has 5 rings (SSSR count). The van der Waals surface area contributed by atoms with Gasteiger partial charge in [-0.3, -0.25) is 4.79 Å². The van der Waals surface area contributed by atoms with Crippen LogP contribution in [-0.2, 0) is 45.3 Å². The number of rotatable bonds is 11. The second-order valence-corrected chi connectivity index (χ2v) is 16.0. The van der Waals surface area contributed by atoms with Crippen LogP contribution in [0.1, 0.15) is 6.92 Å². The van der Waals surface area contributed by atoms with Crippen LogP contribution < -0.4 is 134 Å². The predicted octanol–water partition coefficient (Wildman–Crippen LogP) is -10.5. The first kappa shape index (κ1) is 53.0. The maximum absolute atomic E-state index is 13.1. The van der Waals surface area contributed by atoms with Gasteiger partial charge in [0.2, 0.25) is 17.2 Å². The normalized spacial score (nSPS) is 14.5. The van der Waals surface area contributed by atoms with E-state index in [0.717, 1.165) is 47.5 Å². The minimum atomic E-state index is -5.23. The van der Waals surface area contributed by atoms with Gasteiger partial charge >= 0.3 is 118 Å². The quantitative estimate of drug-likeness (QED) is 0.0801. The van der Waals surface area contributed by atoms with Crippen LogP contribution in [0.25, 0.3) is 0 Å². The fourth-order valence-corrected chi connectivity index (χ4v) is 6.66. The van der Waals surface area contributed by atoms with Crippen molar-refractivity contribution in [3.05, 3.63) is 65.9 Å².